The first-order chi connectivity index (χ1) is 8.93. The summed E-state index contributed by atoms with van der Waals surface area (Å²) in [6, 6.07) is 8.23. The Kier molecular flexibility index (Phi) is 4.51. The van der Waals surface area contributed by atoms with Crippen molar-refractivity contribution in [1.29, 1.82) is 0 Å². The average Bonchev–Trinajstić information content (AvgIpc) is 2.66. The van der Waals surface area contributed by atoms with Gasteiger partial charge in [0, 0.05) is 27.5 Å². The van der Waals surface area contributed by atoms with E-state index in [-0.39, 0.29) is 18.1 Å². The normalized spacial score (nSPS) is 13.9. The highest BCUT2D eigenvalue weighted by Crippen LogP contribution is 2.35. The average molecular weight is 298 g/mol. The molecule has 0 saturated heterocycles. The fraction of sp³-hybridized carbons (Fsp3) is 0.467. The second kappa shape index (κ2) is 5.80. The van der Waals surface area contributed by atoms with Crippen LogP contribution in [0.4, 0.5) is 0 Å². The van der Waals surface area contributed by atoms with Gasteiger partial charge in [0.15, 0.2) is 0 Å². The van der Waals surface area contributed by atoms with E-state index in [1.165, 1.54) is 4.70 Å². The highest BCUT2D eigenvalue weighted by Gasteiger charge is 2.23. The first-order valence-electron chi connectivity index (χ1n) is 6.43. The van der Waals surface area contributed by atoms with E-state index in [4.69, 9.17) is 11.6 Å². The third kappa shape index (κ3) is 3.29. The molecule has 0 aliphatic heterocycles. The summed E-state index contributed by atoms with van der Waals surface area (Å²) in [5.41, 5.74) is 0.0257. The molecule has 0 spiro atoms. The van der Waals surface area contributed by atoms with Crippen LogP contribution in [0.5, 0.6) is 0 Å². The number of fused-ring (bicyclic) bond motifs is 1. The van der Waals surface area contributed by atoms with Crippen LogP contribution in [0, 0.1) is 5.41 Å². The summed E-state index contributed by atoms with van der Waals surface area (Å²) >= 11 is 8.12. The van der Waals surface area contributed by atoms with Gasteiger partial charge in [0.05, 0.1) is 11.6 Å². The Bertz CT molecular complexity index is 559. The van der Waals surface area contributed by atoms with Gasteiger partial charge in [0.2, 0.25) is 0 Å². The van der Waals surface area contributed by atoms with Crippen LogP contribution < -0.4 is 5.32 Å². The number of hydrogen-bond acceptors (Lipinski definition) is 3. The molecule has 0 unspecified atom stereocenters. The smallest absolute Gasteiger partial charge is 0.0636 e. The number of thiophene rings is 1. The van der Waals surface area contributed by atoms with Crippen LogP contribution in [-0.2, 0) is 6.54 Å². The minimum Gasteiger partial charge on any atom is -0.395 e. The second-order valence-electron chi connectivity index (χ2n) is 5.82. The molecule has 0 fully saturated rings. The molecule has 2 nitrogen and oxygen atoms in total. The van der Waals surface area contributed by atoms with Crippen molar-refractivity contribution < 1.29 is 5.11 Å². The molecule has 0 aliphatic carbocycles. The number of benzene rings is 1. The molecule has 2 aromatic rings. The van der Waals surface area contributed by atoms with Gasteiger partial charge in [-0.1, -0.05) is 50.6 Å². The minimum atomic E-state index is 0.0257. The first-order valence-corrected chi connectivity index (χ1v) is 7.63. The monoisotopic (exact) mass is 297 g/mol. The standard InChI is InChI=1S/C15H20ClNOS/c1-15(2,3)13(9-18)17-8-12-14(16)10-6-4-5-7-11(10)19-12/h4-7,13,17-18H,8-9H2,1-3H3/t13-/m1/s1. The molecule has 0 saturated carbocycles. The minimum absolute atomic E-state index is 0.0257. The Balaban J connectivity index is 2.16. The Morgan fingerprint density at radius 1 is 1.32 bits per heavy atom. The zero-order valence-electron chi connectivity index (χ0n) is 11.5. The van der Waals surface area contributed by atoms with Crippen LogP contribution in [0.2, 0.25) is 5.02 Å². The SMILES string of the molecule is CC(C)(C)[C@@H](CO)NCc1sc2ccccc2c1Cl. The summed E-state index contributed by atoms with van der Waals surface area (Å²) in [7, 11) is 0. The van der Waals surface area contributed by atoms with E-state index in [0.717, 1.165) is 15.3 Å². The van der Waals surface area contributed by atoms with Crippen molar-refractivity contribution in [2.75, 3.05) is 6.61 Å². The summed E-state index contributed by atoms with van der Waals surface area (Å²) in [4.78, 5) is 1.13. The third-order valence-corrected chi connectivity index (χ3v) is 5.05. The fourth-order valence-electron chi connectivity index (χ4n) is 2.04. The summed E-state index contributed by atoms with van der Waals surface area (Å²) in [5, 5.41) is 14.8. The predicted octanol–water partition coefficient (Wildman–Crippen LogP) is 4.05. The van der Waals surface area contributed by atoms with Gasteiger partial charge in [-0.05, 0) is 11.5 Å². The quantitative estimate of drug-likeness (QED) is 0.892. The topological polar surface area (TPSA) is 32.3 Å². The first kappa shape index (κ1) is 14.8. The van der Waals surface area contributed by atoms with E-state index in [9.17, 15) is 5.11 Å². The molecule has 2 N–H and O–H groups in total. The van der Waals surface area contributed by atoms with Crippen LogP contribution in [0.15, 0.2) is 24.3 Å². The van der Waals surface area contributed by atoms with Crippen LogP contribution in [0.1, 0.15) is 25.6 Å². The number of halogens is 1. The molecule has 1 atom stereocenters. The number of nitrogens with one attached hydrogen (secondary N) is 1. The van der Waals surface area contributed by atoms with Crippen molar-refractivity contribution in [3.8, 4) is 0 Å². The number of aliphatic hydroxyl groups is 1. The van der Waals surface area contributed by atoms with Gasteiger partial charge in [-0.3, -0.25) is 0 Å². The maximum atomic E-state index is 9.46. The van der Waals surface area contributed by atoms with Crippen molar-refractivity contribution in [2.24, 2.45) is 5.41 Å². The van der Waals surface area contributed by atoms with E-state index in [2.05, 4.69) is 32.2 Å². The molecular formula is C15H20ClNOS. The molecule has 1 aromatic carbocycles. The highest BCUT2D eigenvalue weighted by molar-refractivity contribution is 7.19. The van der Waals surface area contributed by atoms with E-state index in [1.807, 2.05) is 18.2 Å². The molecule has 0 aliphatic rings. The Morgan fingerprint density at radius 2 is 2.00 bits per heavy atom. The van der Waals surface area contributed by atoms with Crippen LogP contribution in [0.25, 0.3) is 10.1 Å². The number of aliphatic hydroxyl groups excluding tert-OH is 1. The molecule has 1 aromatic heterocycles. The summed E-state index contributed by atoms with van der Waals surface area (Å²) in [6.45, 7) is 7.18. The molecule has 104 valence electrons. The molecule has 19 heavy (non-hydrogen) atoms. The molecule has 0 bridgehead atoms. The summed E-state index contributed by atoms with van der Waals surface area (Å²) in [6.07, 6.45) is 0. The van der Waals surface area contributed by atoms with Gasteiger partial charge >= 0.3 is 0 Å². The number of rotatable bonds is 4. The van der Waals surface area contributed by atoms with Crippen LogP contribution >= 0.6 is 22.9 Å². The van der Waals surface area contributed by atoms with Crippen LogP contribution in [0.3, 0.4) is 0 Å². The van der Waals surface area contributed by atoms with Gasteiger partial charge < -0.3 is 10.4 Å². The largest absolute Gasteiger partial charge is 0.395 e. The van der Waals surface area contributed by atoms with Gasteiger partial charge in [0.25, 0.3) is 0 Å². The van der Waals surface area contributed by atoms with E-state index in [0.29, 0.717) is 6.54 Å². The fourth-order valence-corrected chi connectivity index (χ4v) is 3.49. The van der Waals surface area contributed by atoms with Crippen molar-refractivity contribution in [3.63, 3.8) is 0 Å². The van der Waals surface area contributed by atoms with Gasteiger partial charge in [-0.2, -0.15) is 0 Å². The van der Waals surface area contributed by atoms with E-state index < -0.39 is 0 Å². The Hall–Kier alpha value is -0.610. The van der Waals surface area contributed by atoms with E-state index >= 15 is 0 Å². The maximum Gasteiger partial charge on any atom is 0.0636 e. The van der Waals surface area contributed by atoms with Crippen molar-refractivity contribution in [1.82, 2.24) is 5.32 Å². The zero-order valence-corrected chi connectivity index (χ0v) is 13.1. The number of hydrogen-bond donors (Lipinski definition) is 2. The lowest BCUT2D eigenvalue weighted by Crippen LogP contribution is -2.42. The lowest BCUT2D eigenvalue weighted by Gasteiger charge is -2.29. The molecular weight excluding hydrogens is 278 g/mol. The van der Waals surface area contributed by atoms with E-state index in [1.54, 1.807) is 11.3 Å². The maximum absolute atomic E-state index is 9.46. The third-order valence-electron chi connectivity index (χ3n) is 3.34. The molecule has 0 amide bonds. The van der Waals surface area contributed by atoms with Crippen molar-refractivity contribution >= 4 is 33.0 Å². The van der Waals surface area contributed by atoms with Crippen molar-refractivity contribution in [3.05, 3.63) is 34.2 Å². The van der Waals surface area contributed by atoms with Crippen molar-refractivity contribution in [2.45, 2.75) is 33.4 Å². The molecule has 2 rings (SSSR count). The molecule has 0 radical (unpaired) electrons. The lowest BCUT2D eigenvalue weighted by molar-refractivity contribution is 0.158. The van der Waals surface area contributed by atoms with Crippen LogP contribution in [-0.4, -0.2) is 17.8 Å². The zero-order chi connectivity index (χ0) is 14.0. The van der Waals surface area contributed by atoms with Gasteiger partial charge in [-0.25, -0.2) is 0 Å². The summed E-state index contributed by atoms with van der Waals surface area (Å²) < 4.78 is 1.21. The predicted molar refractivity (Wildman–Crippen MR) is 84.0 cm³/mol. The second-order valence-corrected chi connectivity index (χ2v) is 7.33. The Morgan fingerprint density at radius 3 is 2.58 bits per heavy atom. The summed E-state index contributed by atoms with van der Waals surface area (Å²) in [5.74, 6) is 0. The van der Waals surface area contributed by atoms with Gasteiger partial charge in [0.1, 0.15) is 0 Å². The Labute approximate surface area is 123 Å². The molecule has 1 heterocycles. The molecule has 4 heteroatoms. The highest BCUT2D eigenvalue weighted by atomic mass is 35.5. The lowest BCUT2D eigenvalue weighted by atomic mass is 9.87. The van der Waals surface area contributed by atoms with Gasteiger partial charge in [-0.15, -0.1) is 11.3 Å².